The summed E-state index contributed by atoms with van der Waals surface area (Å²) in [7, 11) is 1.75. The number of aryl methyl sites for hydroxylation is 1. The van der Waals surface area contributed by atoms with Crippen LogP contribution in [0.15, 0.2) is 18.2 Å². The average molecular weight is 262 g/mol. The van der Waals surface area contributed by atoms with E-state index in [1.165, 1.54) is 0 Å². The molecule has 1 aliphatic rings. The monoisotopic (exact) mass is 262 g/mol. The minimum absolute atomic E-state index is 0.0264. The summed E-state index contributed by atoms with van der Waals surface area (Å²) in [4.78, 5) is 14.1. The highest BCUT2D eigenvalue weighted by Crippen LogP contribution is 2.19. The van der Waals surface area contributed by atoms with Gasteiger partial charge in [0.2, 0.25) is 0 Å². The van der Waals surface area contributed by atoms with Crippen LogP contribution in [-0.2, 0) is 0 Å². The van der Waals surface area contributed by atoms with Crippen LogP contribution < -0.4 is 5.32 Å². The normalized spacial score (nSPS) is 22.5. The Kier molecular flexibility index (Phi) is 3.92. The van der Waals surface area contributed by atoms with Crippen LogP contribution in [0.25, 0.3) is 0 Å². The minimum Gasteiger partial charge on any atom is -0.387 e. The van der Waals surface area contributed by atoms with Crippen LogP contribution in [0.2, 0.25) is 0 Å². The Morgan fingerprint density at radius 2 is 2.21 bits per heavy atom. The van der Waals surface area contributed by atoms with E-state index in [0.717, 1.165) is 23.2 Å². The first-order valence-electron chi connectivity index (χ1n) is 6.68. The van der Waals surface area contributed by atoms with E-state index < -0.39 is 5.60 Å². The molecule has 1 aromatic carbocycles. The van der Waals surface area contributed by atoms with E-state index in [1.807, 2.05) is 32.0 Å². The molecule has 0 aromatic heterocycles. The summed E-state index contributed by atoms with van der Waals surface area (Å²) < 4.78 is 0. The minimum atomic E-state index is -0.790. The Hall–Kier alpha value is -1.39. The first kappa shape index (κ1) is 14.0. The SMILES string of the molecule is Cc1cccc(C(=O)N(C)CC2(O)CCNC2)c1C. The molecule has 104 valence electrons. The number of hydrogen-bond donors (Lipinski definition) is 2. The van der Waals surface area contributed by atoms with Gasteiger partial charge in [0.15, 0.2) is 0 Å². The molecule has 2 N–H and O–H groups in total. The third kappa shape index (κ3) is 2.96. The van der Waals surface area contributed by atoms with Crippen molar-refractivity contribution in [2.75, 3.05) is 26.7 Å². The largest absolute Gasteiger partial charge is 0.387 e. The summed E-state index contributed by atoms with van der Waals surface area (Å²) in [6.07, 6.45) is 0.692. The highest BCUT2D eigenvalue weighted by Gasteiger charge is 2.33. The molecule has 1 unspecified atom stereocenters. The summed E-state index contributed by atoms with van der Waals surface area (Å²) in [5, 5.41) is 13.5. The zero-order chi connectivity index (χ0) is 14.0. The zero-order valence-corrected chi connectivity index (χ0v) is 11.9. The van der Waals surface area contributed by atoms with Crippen molar-refractivity contribution in [1.82, 2.24) is 10.2 Å². The maximum absolute atomic E-state index is 12.4. The number of aliphatic hydroxyl groups is 1. The zero-order valence-electron chi connectivity index (χ0n) is 11.9. The van der Waals surface area contributed by atoms with Gasteiger partial charge in [-0.1, -0.05) is 12.1 Å². The Balaban J connectivity index is 2.12. The van der Waals surface area contributed by atoms with Crippen molar-refractivity contribution in [1.29, 1.82) is 0 Å². The van der Waals surface area contributed by atoms with Crippen LogP contribution in [-0.4, -0.2) is 48.2 Å². The number of nitrogens with zero attached hydrogens (tertiary/aromatic N) is 1. The van der Waals surface area contributed by atoms with Gasteiger partial charge in [0.25, 0.3) is 5.91 Å². The highest BCUT2D eigenvalue weighted by atomic mass is 16.3. The molecular weight excluding hydrogens is 240 g/mol. The number of hydrogen-bond acceptors (Lipinski definition) is 3. The van der Waals surface area contributed by atoms with E-state index in [1.54, 1.807) is 11.9 Å². The lowest BCUT2D eigenvalue weighted by Crippen LogP contribution is -2.45. The van der Waals surface area contributed by atoms with Crippen LogP contribution in [0.1, 0.15) is 27.9 Å². The molecule has 0 aliphatic carbocycles. The second-order valence-corrected chi connectivity index (χ2v) is 5.56. The lowest BCUT2D eigenvalue weighted by molar-refractivity contribution is 0.0252. The fourth-order valence-corrected chi connectivity index (χ4v) is 2.57. The maximum atomic E-state index is 12.4. The fourth-order valence-electron chi connectivity index (χ4n) is 2.57. The van der Waals surface area contributed by atoms with E-state index >= 15 is 0 Å². The van der Waals surface area contributed by atoms with Crippen LogP contribution in [0.3, 0.4) is 0 Å². The smallest absolute Gasteiger partial charge is 0.253 e. The Bertz CT molecular complexity index is 479. The van der Waals surface area contributed by atoms with E-state index in [0.29, 0.717) is 19.5 Å². The van der Waals surface area contributed by atoms with E-state index in [2.05, 4.69) is 5.32 Å². The van der Waals surface area contributed by atoms with Crippen molar-refractivity contribution >= 4 is 5.91 Å². The van der Waals surface area contributed by atoms with E-state index in [4.69, 9.17) is 0 Å². The van der Waals surface area contributed by atoms with Gasteiger partial charge < -0.3 is 15.3 Å². The number of nitrogens with one attached hydrogen (secondary N) is 1. The van der Waals surface area contributed by atoms with Crippen molar-refractivity contribution in [2.45, 2.75) is 25.9 Å². The number of β-amino-alcohol motifs (C(OH)–C–C–N with tert-alkyl or cyclic N) is 1. The molecule has 1 aromatic rings. The standard InChI is InChI=1S/C15H22N2O2/c1-11-5-4-6-13(12(11)2)14(18)17(3)10-15(19)7-8-16-9-15/h4-6,16,19H,7-10H2,1-3H3. The van der Waals surface area contributed by atoms with Gasteiger partial charge in [0.05, 0.1) is 12.1 Å². The molecule has 2 rings (SSSR count). The van der Waals surface area contributed by atoms with Crippen molar-refractivity contribution in [2.24, 2.45) is 0 Å². The number of likely N-dealkylation sites (N-methyl/N-ethyl adjacent to an activating group) is 1. The molecule has 0 radical (unpaired) electrons. The summed E-state index contributed by atoms with van der Waals surface area (Å²) in [6.45, 7) is 5.69. The van der Waals surface area contributed by atoms with Crippen molar-refractivity contribution in [3.8, 4) is 0 Å². The average Bonchev–Trinajstić information content (AvgIpc) is 2.78. The first-order chi connectivity index (χ1) is 8.93. The van der Waals surface area contributed by atoms with Crippen LogP contribution in [0.5, 0.6) is 0 Å². The number of carbonyl (C=O) groups excluding carboxylic acids is 1. The predicted molar refractivity (Wildman–Crippen MR) is 75.3 cm³/mol. The highest BCUT2D eigenvalue weighted by molar-refractivity contribution is 5.95. The van der Waals surface area contributed by atoms with Crippen LogP contribution in [0, 0.1) is 13.8 Å². The second kappa shape index (κ2) is 5.31. The van der Waals surface area contributed by atoms with Crippen molar-refractivity contribution in [3.05, 3.63) is 34.9 Å². The molecule has 0 spiro atoms. The van der Waals surface area contributed by atoms with Crippen LogP contribution in [0.4, 0.5) is 0 Å². The van der Waals surface area contributed by atoms with Gasteiger partial charge in [-0.2, -0.15) is 0 Å². The molecule has 1 saturated heterocycles. The molecule has 1 aliphatic heterocycles. The molecule has 4 nitrogen and oxygen atoms in total. The maximum Gasteiger partial charge on any atom is 0.253 e. The van der Waals surface area contributed by atoms with Crippen molar-refractivity contribution in [3.63, 3.8) is 0 Å². The molecule has 4 heteroatoms. The summed E-state index contributed by atoms with van der Waals surface area (Å²) in [5.74, 6) is -0.0264. The third-order valence-electron chi connectivity index (χ3n) is 3.93. The van der Waals surface area contributed by atoms with E-state index in [9.17, 15) is 9.90 Å². The molecule has 0 bridgehead atoms. The van der Waals surface area contributed by atoms with E-state index in [-0.39, 0.29) is 5.91 Å². The number of rotatable bonds is 3. The van der Waals surface area contributed by atoms with Gasteiger partial charge in [0, 0.05) is 19.2 Å². The van der Waals surface area contributed by atoms with Gasteiger partial charge in [-0.15, -0.1) is 0 Å². The van der Waals surface area contributed by atoms with Gasteiger partial charge in [0.1, 0.15) is 0 Å². The summed E-state index contributed by atoms with van der Waals surface area (Å²) in [6, 6.07) is 5.74. The summed E-state index contributed by atoms with van der Waals surface area (Å²) >= 11 is 0. The molecule has 1 atom stereocenters. The number of amides is 1. The number of carbonyl (C=O) groups is 1. The van der Waals surface area contributed by atoms with Gasteiger partial charge >= 0.3 is 0 Å². The molecular formula is C15H22N2O2. The lowest BCUT2D eigenvalue weighted by atomic mass is 10.00. The van der Waals surface area contributed by atoms with Gasteiger partial charge in [-0.05, 0) is 44.0 Å². The topological polar surface area (TPSA) is 52.6 Å². The Morgan fingerprint density at radius 3 is 2.84 bits per heavy atom. The predicted octanol–water partition coefficient (Wildman–Crippen LogP) is 1.10. The lowest BCUT2D eigenvalue weighted by Gasteiger charge is -2.28. The second-order valence-electron chi connectivity index (χ2n) is 5.56. The molecule has 1 fully saturated rings. The van der Waals surface area contributed by atoms with Crippen LogP contribution >= 0.6 is 0 Å². The van der Waals surface area contributed by atoms with Crippen molar-refractivity contribution < 1.29 is 9.90 Å². The third-order valence-corrected chi connectivity index (χ3v) is 3.93. The molecule has 0 saturated carbocycles. The Morgan fingerprint density at radius 1 is 1.47 bits per heavy atom. The molecule has 1 heterocycles. The van der Waals surface area contributed by atoms with Gasteiger partial charge in [-0.25, -0.2) is 0 Å². The molecule has 1 amide bonds. The summed E-state index contributed by atoms with van der Waals surface area (Å²) in [5.41, 5.74) is 2.05. The first-order valence-corrected chi connectivity index (χ1v) is 6.68. The fraction of sp³-hybridized carbons (Fsp3) is 0.533. The Labute approximate surface area is 114 Å². The quantitative estimate of drug-likeness (QED) is 0.857. The molecule has 19 heavy (non-hydrogen) atoms. The number of benzene rings is 1. The van der Waals surface area contributed by atoms with Gasteiger partial charge in [-0.3, -0.25) is 4.79 Å².